The Labute approximate surface area is 91.0 Å². The zero-order chi connectivity index (χ0) is 11.1. The van der Waals surface area contributed by atoms with Crippen LogP contribution in [0.5, 0.6) is 0 Å². The van der Waals surface area contributed by atoms with Crippen LogP contribution in [0.3, 0.4) is 0 Å². The summed E-state index contributed by atoms with van der Waals surface area (Å²) in [5, 5.41) is 7.00. The number of rotatable bonds is 1. The van der Waals surface area contributed by atoms with E-state index in [1.54, 1.807) is 0 Å². The van der Waals surface area contributed by atoms with Crippen molar-refractivity contribution in [1.29, 1.82) is 0 Å². The monoisotopic (exact) mass is 200 g/mol. The lowest BCUT2D eigenvalue weighted by molar-refractivity contribution is 0.399. The van der Waals surface area contributed by atoms with Crippen molar-refractivity contribution in [1.82, 2.24) is 0 Å². The lowest BCUT2D eigenvalue weighted by atomic mass is 10.0. The second kappa shape index (κ2) is 5.99. The molecule has 0 radical (unpaired) electrons. The summed E-state index contributed by atoms with van der Waals surface area (Å²) in [5.41, 5.74) is 3.94. The second-order valence-electron chi connectivity index (χ2n) is 3.18. The first-order chi connectivity index (χ1) is 7.38. The van der Waals surface area contributed by atoms with Crippen LogP contribution in [0.1, 0.15) is 5.56 Å². The molecule has 0 aliphatic rings. The zero-order valence-electron chi connectivity index (χ0n) is 9.14. The molecule has 0 aliphatic heterocycles. The highest BCUT2D eigenvalue weighted by Crippen LogP contribution is 2.21. The van der Waals surface area contributed by atoms with E-state index in [0.29, 0.717) is 0 Å². The third-order valence-electron chi connectivity index (χ3n) is 2.23. The molecule has 0 spiro atoms. The Bertz CT molecular complexity index is 393. The fourth-order valence-corrected chi connectivity index (χ4v) is 1.51. The van der Waals surface area contributed by atoms with Crippen LogP contribution in [0.15, 0.2) is 54.6 Å². The van der Waals surface area contributed by atoms with Crippen molar-refractivity contribution < 1.29 is 5.11 Å². The van der Waals surface area contributed by atoms with Crippen LogP contribution in [0.2, 0.25) is 0 Å². The highest BCUT2D eigenvalue weighted by atomic mass is 16.2. The molecule has 78 valence electrons. The summed E-state index contributed by atoms with van der Waals surface area (Å²) >= 11 is 0. The van der Waals surface area contributed by atoms with Gasteiger partial charge in [-0.3, -0.25) is 0 Å². The van der Waals surface area contributed by atoms with Gasteiger partial charge in [0.2, 0.25) is 0 Å². The summed E-state index contributed by atoms with van der Waals surface area (Å²) in [7, 11) is 1.00. The number of benzene rings is 2. The van der Waals surface area contributed by atoms with Crippen LogP contribution < -0.4 is 0 Å². The number of aliphatic hydroxyl groups is 1. The molecule has 0 unspecified atom stereocenters. The maximum atomic E-state index is 7.00. The van der Waals surface area contributed by atoms with Crippen molar-refractivity contribution >= 4 is 0 Å². The first-order valence-electron chi connectivity index (χ1n) is 4.94. The maximum absolute atomic E-state index is 7.00. The van der Waals surface area contributed by atoms with E-state index in [0.717, 1.165) is 7.11 Å². The first kappa shape index (κ1) is 11.5. The highest BCUT2D eigenvalue weighted by Gasteiger charge is 1.97. The van der Waals surface area contributed by atoms with Gasteiger partial charge in [0.15, 0.2) is 0 Å². The minimum absolute atomic E-state index is 1.00. The van der Waals surface area contributed by atoms with Crippen molar-refractivity contribution in [3.8, 4) is 11.1 Å². The molecule has 0 aliphatic carbocycles. The van der Waals surface area contributed by atoms with Gasteiger partial charge in [-0.25, -0.2) is 0 Å². The minimum atomic E-state index is 1.00. The van der Waals surface area contributed by atoms with Crippen LogP contribution in [0, 0.1) is 6.92 Å². The predicted octanol–water partition coefficient (Wildman–Crippen LogP) is 3.27. The molecule has 1 heteroatoms. The van der Waals surface area contributed by atoms with E-state index in [4.69, 9.17) is 5.11 Å². The smallest absolute Gasteiger partial charge is 0.0319 e. The van der Waals surface area contributed by atoms with E-state index in [-0.39, 0.29) is 0 Å². The molecular weight excluding hydrogens is 184 g/mol. The Morgan fingerprint density at radius 1 is 0.733 bits per heavy atom. The second-order valence-corrected chi connectivity index (χ2v) is 3.18. The maximum Gasteiger partial charge on any atom is 0.0319 e. The van der Waals surface area contributed by atoms with Crippen molar-refractivity contribution in [3.63, 3.8) is 0 Å². The van der Waals surface area contributed by atoms with Gasteiger partial charge in [0.1, 0.15) is 0 Å². The van der Waals surface area contributed by atoms with Gasteiger partial charge in [-0.15, -0.1) is 0 Å². The molecule has 0 bridgehead atoms. The molecule has 0 saturated carbocycles. The fraction of sp³-hybridized carbons (Fsp3) is 0.143. The fourth-order valence-electron chi connectivity index (χ4n) is 1.51. The highest BCUT2D eigenvalue weighted by molar-refractivity contribution is 5.66. The van der Waals surface area contributed by atoms with Crippen molar-refractivity contribution in [2.24, 2.45) is 0 Å². The molecule has 0 amide bonds. The van der Waals surface area contributed by atoms with Crippen LogP contribution >= 0.6 is 0 Å². The number of aryl methyl sites for hydroxylation is 1. The van der Waals surface area contributed by atoms with Gasteiger partial charge in [0.05, 0.1) is 0 Å². The molecule has 2 aromatic carbocycles. The summed E-state index contributed by atoms with van der Waals surface area (Å²) in [5.74, 6) is 0. The predicted molar refractivity (Wildman–Crippen MR) is 64.8 cm³/mol. The van der Waals surface area contributed by atoms with Crippen LogP contribution in [0.4, 0.5) is 0 Å². The molecule has 1 nitrogen and oxygen atoms in total. The Kier molecular flexibility index (Phi) is 4.58. The average Bonchev–Trinajstić information content (AvgIpc) is 2.33. The largest absolute Gasteiger partial charge is 0.400 e. The van der Waals surface area contributed by atoms with Crippen molar-refractivity contribution in [2.45, 2.75) is 6.92 Å². The normalized spacial score (nSPS) is 9.00. The van der Waals surface area contributed by atoms with Crippen LogP contribution in [-0.2, 0) is 0 Å². The molecular formula is C14H16O. The van der Waals surface area contributed by atoms with E-state index < -0.39 is 0 Å². The van der Waals surface area contributed by atoms with Gasteiger partial charge in [0, 0.05) is 7.11 Å². The molecule has 2 rings (SSSR count). The molecule has 15 heavy (non-hydrogen) atoms. The first-order valence-corrected chi connectivity index (χ1v) is 4.94. The van der Waals surface area contributed by atoms with Gasteiger partial charge in [-0.2, -0.15) is 0 Å². The quantitative estimate of drug-likeness (QED) is 0.749. The molecule has 0 saturated heterocycles. The molecule has 0 aromatic heterocycles. The van der Waals surface area contributed by atoms with Gasteiger partial charge in [0.25, 0.3) is 0 Å². The standard InChI is InChI=1S/C13H12.CH4O/c1-11-7-5-6-10-13(11)12-8-3-2-4-9-12;1-2/h2-10H,1H3;2H,1H3. The number of hydrogen-bond donors (Lipinski definition) is 1. The molecule has 0 atom stereocenters. The van der Waals surface area contributed by atoms with Crippen LogP contribution in [0.25, 0.3) is 11.1 Å². The summed E-state index contributed by atoms with van der Waals surface area (Å²) < 4.78 is 0. The van der Waals surface area contributed by atoms with Gasteiger partial charge >= 0.3 is 0 Å². The Morgan fingerprint density at radius 2 is 1.27 bits per heavy atom. The Balaban J connectivity index is 0.000000531. The van der Waals surface area contributed by atoms with Gasteiger partial charge in [-0.05, 0) is 23.6 Å². The summed E-state index contributed by atoms with van der Waals surface area (Å²) in [4.78, 5) is 0. The van der Waals surface area contributed by atoms with E-state index in [9.17, 15) is 0 Å². The summed E-state index contributed by atoms with van der Waals surface area (Å²) in [6, 6.07) is 18.9. The third kappa shape index (κ3) is 2.93. The van der Waals surface area contributed by atoms with Crippen molar-refractivity contribution in [2.75, 3.05) is 7.11 Å². The Hall–Kier alpha value is -1.60. The topological polar surface area (TPSA) is 20.2 Å². The number of hydrogen-bond acceptors (Lipinski definition) is 1. The third-order valence-corrected chi connectivity index (χ3v) is 2.23. The average molecular weight is 200 g/mol. The lowest BCUT2D eigenvalue weighted by Crippen LogP contribution is -1.80. The number of aliphatic hydroxyl groups excluding tert-OH is 1. The van der Waals surface area contributed by atoms with Gasteiger partial charge in [-0.1, -0.05) is 54.6 Å². The van der Waals surface area contributed by atoms with Crippen molar-refractivity contribution in [3.05, 3.63) is 60.2 Å². The summed E-state index contributed by atoms with van der Waals surface area (Å²) in [6.45, 7) is 2.14. The minimum Gasteiger partial charge on any atom is -0.400 e. The van der Waals surface area contributed by atoms with E-state index >= 15 is 0 Å². The SMILES string of the molecule is CO.Cc1ccccc1-c1ccccc1. The van der Waals surface area contributed by atoms with E-state index in [2.05, 4.69) is 55.5 Å². The van der Waals surface area contributed by atoms with Gasteiger partial charge < -0.3 is 5.11 Å². The lowest BCUT2D eigenvalue weighted by Gasteiger charge is -2.04. The van der Waals surface area contributed by atoms with Crippen LogP contribution in [-0.4, -0.2) is 12.2 Å². The summed E-state index contributed by atoms with van der Waals surface area (Å²) in [6.07, 6.45) is 0. The molecule has 0 heterocycles. The molecule has 0 fully saturated rings. The van der Waals surface area contributed by atoms with E-state index in [1.807, 2.05) is 6.07 Å². The Morgan fingerprint density at radius 3 is 1.87 bits per heavy atom. The molecule has 2 aromatic rings. The molecule has 1 N–H and O–H groups in total. The van der Waals surface area contributed by atoms with E-state index in [1.165, 1.54) is 16.7 Å². The zero-order valence-corrected chi connectivity index (χ0v) is 9.14.